The molecule has 1 fully saturated rings. The molecular formula is C15H22N2O4S. The predicted octanol–water partition coefficient (Wildman–Crippen LogP) is 1.88. The summed E-state index contributed by atoms with van der Waals surface area (Å²) in [7, 11) is -1.14. The van der Waals surface area contributed by atoms with E-state index in [2.05, 4.69) is 0 Å². The van der Waals surface area contributed by atoms with Crippen molar-refractivity contribution in [3.05, 3.63) is 29.8 Å². The Morgan fingerprint density at radius 3 is 2.41 bits per heavy atom. The zero-order chi connectivity index (χ0) is 16.2. The number of hydrogen-bond acceptors (Lipinski definition) is 4. The van der Waals surface area contributed by atoms with Gasteiger partial charge in [-0.25, -0.2) is 8.42 Å². The summed E-state index contributed by atoms with van der Waals surface area (Å²) in [5.41, 5.74) is 0.396. The maximum atomic E-state index is 12.6. The highest BCUT2D eigenvalue weighted by atomic mass is 32.2. The van der Waals surface area contributed by atoms with Crippen LogP contribution < -0.4 is 0 Å². The van der Waals surface area contributed by atoms with Gasteiger partial charge in [0.15, 0.2) is 0 Å². The highest BCUT2D eigenvalue weighted by Crippen LogP contribution is 2.18. The minimum atomic E-state index is -3.74. The Kier molecular flexibility index (Phi) is 5.55. The number of carbonyl (C=O) groups is 1. The van der Waals surface area contributed by atoms with Crippen LogP contribution in [-0.2, 0) is 14.9 Å². The lowest BCUT2D eigenvalue weighted by molar-refractivity contribution is -0.0258. The third-order valence-corrected chi connectivity index (χ3v) is 5.54. The molecule has 0 bridgehead atoms. The maximum Gasteiger partial charge on any atom is 0.264 e. The molecule has 22 heavy (non-hydrogen) atoms. The van der Waals surface area contributed by atoms with Crippen LogP contribution in [0.25, 0.3) is 0 Å². The molecule has 1 aromatic rings. The van der Waals surface area contributed by atoms with Crippen molar-refractivity contribution in [3.63, 3.8) is 0 Å². The average molecular weight is 326 g/mol. The smallest absolute Gasteiger partial charge is 0.264 e. The van der Waals surface area contributed by atoms with Crippen molar-refractivity contribution < 1.29 is 18.0 Å². The summed E-state index contributed by atoms with van der Waals surface area (Å²) in [6.45, 7) is 1.46. The molecule has 0 N–H and O–H groups in total. The Morgan fingerprint density at radius 1 is 1.18 bits per heavy atom. The van der Waals surface area contributed by atoms with E-state index in [-0.39, 0.29) is 10.8 Å². The highest BCUT2D eigenvalue weighted by Gasteiger charge is 2.23. The molecule has 7 heteroatoms. The molecule has 1 amide bonds. The standard InChI is InChI=1S/C15H22N2O4S/c1-16(21-2)22(19,20)14-9-7-8-13(12-14)15(18)17-10-5-3-4-6-11-17/h7-9,12H,3-6,10-11H2,1-2H3. The van der Waals surface area contributed by atoms with Gasteiger partial charge in [0.1, 0.15) is 0 Å². The van der Waals surface area contributed by atoms with E-state index in [1.165, 1.54) is 26.3 Å². The molecule has 0 atom stereocenters. The molecule has 1 aliphatic rings. The van der Waals surface area contributed by atoms with E-state index < -0.39 is 10.0 Å². The number of likely N-dealkylation sites (tertiary alicyclic amines) is 1. The molecule has 0 saturated carbocycles. The highest BCUT2D eigenvalue weighted by molar-refractivity contribution is 7.89. The zero-order valence-electron chi connectivity index (χ0n) is 13.0. The summed E-state index contributed by atoms with van der Waals surface area (Å²) in [6.07, 6.45) is 4.26. The molecule has 0 spiro atoms. The van der Waals surface area contributed by atoms with Crippen LogP contribution in [0.15, 0.2) is 29.2 Å². The molecule has 0 aliphatic carbocycles. The van der Waals surface area contributed by atoms with Gasteiger partial charge >= 0.3 is 0 Å². The fourth-order valence-corrected chi connectivity index (χ4v) is 3.51. The van der Waals surface area contributed by atoms with Crippen molar-refractivity contribution in [2.75, 3.05) is 27.2 Å². The number of hydroxylamine groups is 1. The monoisotopic (exact) mass is 326 g/mol. The van der Waals surface area contributed by atoms with E-state index >= 15 is 0 Å². The van der Waals surface area contributed by atoms with Gasteiger partial charge in [-0.05, 0) is 31.0 Å². The fourth-order valence-electron chi connectivity index (χ4n) is 2.49. The minimum Gasteiger partial charge on any atom is -0.339 e. The zero-order valence-corrected chi connectivity index (χ0v) is 13.8. The first-order valence-electron chi connectivity index (χ1n) is 7.39. The summed E-state index contributed by atoms with van der Waals surface area (Å²) in [5, 5.41) is 0. The molecule has 1 heterocycles. The van der Waals surface area contributed by atoms with E-state index in [0.717, 1.165) is 43.2 Å². The molecule has 0 radical (unpaired) electrons. The number of amides is 1. The van der Waals surface area contributed by atoms with Crippen molar-refractivity contribution >= 4 is 15.9 Å². The third kappa shape index (κ3) is 3.66. The van der Waals surface area contributed by atoms with Gasteiger partial charge in [0.2, 0.25) is 0 Å². The van der Waals surface area contributed by atoms with Gasteiger partial charge in [-0.1, -0.05) is 23.4 Å². The van der Waals surface area contributed by atoms with E-state index in [1.54, 1.807) is 17.0 Å². The summed E-state index contributed by atoms with van der Waals surface area (Å²) in [6, 6.07) is 6.11. The summed E-state index contributed by atoms with van der Waals surface area (Å²) < 4.78 is 25.3. The third-order valence-electron chi connectivity index (χ3n) is 3.87. The topological polar surface area (TPSA) is 66.9 Å². The molecule has 122 valence electrons. The maximum absolute atomic E-state index is 12.6. The molecular weight excluding hydrogens is 304 g/mol. The Balaban J connectivity index is 2.26. The van der Waals surface area contributed by atoms with Crippen LogP contribution in [-0.4, -0.2) is 50.9 Å². The SMILES string of the molecule is CON(C)S(=O)(=O)c1cccc(C(=O)N2CCCCCC2)c1. The Bertz CT molecular complexity index is 622. The van der Waals surface area contributed by atoms with Crippen LogP contribution in [0.1, 0.15) is 36.0 Å². The van der Waals surface area contributed by atoms with E-state index in [4.69, 9.17) is 4.84 Å². The Hall–Kier alpha value is -1.44. The Morgan fingerprint density at radius 2 is 1.82 bits per heavy atom. The molecule has 1 aliphatic heterocycles. The minimum absolute atomic E-state index is 0.0533. The van der Waals surface area contributed by atoms with Gasteiger partial charge in [-0.15, -0.1) is 0 Å². The average Bonchev–Trinajstić information content (AvgIpc) is 2.82. The van der Waals surface area contributed by atoms with Gasteiger partial charge in [0, 0.05) is 25.7 Å². The van der Waals surface area contributed by atoms with Crippen molar-refractivity contribution in [1.29, 1.82) is 0 Å². The first kappa shape index (κ1) is 16.9. The lowest BCUT2D eigenvalue weighted by atomic mass is 10.2. The second kappa shape index (κ2) is 7.21. The van der Waals surface area contributed by atoms with Crippen LogP contribution in [0, 0.1) is 0 Å². The van der Waals surface area contributed by atoms with Crippen LogP contribution in [0.3, 0.4) is 0 Å². The summed E-state index contributed by atoms with van der Waals surface area (Å²) >= 11 is 0. The lowest BCUT2D eigenvalue weighted by Crippen LogP contribution is -2.32. The number of carbonyl (C=O) groups excluding carboxylic acids is 1. The number of rotatable bonds is 4. The summed E-state index contributed by atoms with van der Waals surface area (Å²) in [5.74, 6) is -0.112. The Labute approximate surface area is 131 Å². The molecule has 0 unspecified atom stereocenters. The van der Waals surface area contributed by atoms with Crippen molar-refractivity contribution in [1.82, 2.24) is 9.37 Å². The van der Waals surface area contributed by atoms with E-state index in [0.29, 0.717) is 5.56 Å². The van der Waals surface area contributed by atoms with Gasteiger partial charge in [-0.3, -0.25) is 9.63 Å². The van der Waals surface area contributed by atoms with Crippen molar-refractivity contribution in [2.24, 2.45) is 0 Å². The predicted molar refractivity (Wildman–Crippen MR) is 82.8 cm³/mol. The van der Waals surface area contributed by atoms with Crippen molar-refractivity contribution in [2.45, 2.75) is 30.6 Å². The lowest BCUT2D eigenvalue weighted by Gasteiger charge is -2.21. The van der Waals surface area contributed by atoms with Crippen LogP contribution in [0.5, 0.6) is 0 Å². The number of nitrogens with zero attached hydrogens (tertiary/aromatic N) is 2. The summed E-state index contributed by atoms with van der Waals surface area (Å²) in [4.78, 5) is 19.2. The quantitative estimate of drug-likeness (QED) is 0.793. The van der Waals surface area contributed by atoms with E-state index in [9.17, 15) is 13.2 Å². The van der Waals surface area contributed by atoms with Gasteiger partial charge < -0.3 is 4.90 Å². The number of benzene rings is 1. The fraction of sp³-hybridized carbons (Fsp3) is 0.533. The second-order valence-corrected chi connectivity index (χ2v) is 7.27. The normalized spacial score (nSPS) is 16.6. The van der Waals surface area contributed by atoms with E-state index in [1.807, 2.05) is 0 Å². The molecule has 1 aromatic carbocycles. The largest absolute Gasteiger partial charge is 0.339 e. The second-order valence-electron chi connectivity index (χ2n) is 5.33. The number of hydrogen-bond donors (Lipinski definition) is 0. The molecule has 1 saturated heterocycles. The van der Waals surface area contributed by atoms with Crippen LogP contribution in [0.2, 0.25) is 0 Å². The van der Waals surface area contributed by atoms with Gasteiger partial charge in [-0.2, -0.15) is 0 Å². The number of sulfonamides is 1. The molecule has 6 nitrogen and oxygen atoms in total. The first-order valence-corrected chi connectivity index (χ1v) is 8.83. The van der Waals surface area contributed by atoms with Crippen molar-refractivity contribution in [3.8, 4) is 0 Å². The van der Waals surface area contributed by atoms with Gasteiger partial charge in [0.05, 0.1) is 12.0 Å². The first-order chi connectivity index (χ1) is 10.5. The van der Waals surface area contributed by atoms with Gasteiger partial charge in [0.25, 0.3) is 15.9 Å². The van der Waals surface area contributed by atoms with Crippen LogP contribution in [0.4, 0.5) is 0 Å². The molecule has 0 aromatic heterocycles. The van der Waals surface area contributed by atoms with Crippen LogP contribution >= 0.6 is 0 Å². The molecule has 2 rings (SSSR count).